The van der Waals surface area contributed by atoms with Gasteiger partial charge in [0.15, 0.2) is 0 Å². The number of nitrogens with one attached hydrogen (secondary N) is 1. The molecule has 0 saturated heterocycles. The molecule has 3 aromatic rings. The van der Waals surface area contributed by atoms with Gasteiger partial charge >= 0.3 is 0 Å². The number of primary amides is 1. The van der Waals surface area contributed by atoms with Gasteiger partial charge in [-0.1, -0.05) is 60.7 Å². The largest absolute Gasteiger partial charge is 0.363 e. The molecule has 2 aromatic carbocycles. The highest BCUT2D eigenvalue weighted by Gasteiger charge is 2.28. The van der Waals surface area contributed by atoms with Gasteiger partial charge in [0.2, 0.25) is 5.78 Å². The van der Waals surface area contributed by atoms with E-state index in [1.54, 1.807) is 0 Å². The lowest BCUT2D eigenvalue weighted by Crippen LogP contribution is -2.47. The van der Waals surface area contributed by atoms with Gasteiger partial charge in [-0.25, -0.2) is 4.98 Å². The van der Waals surface area contributed by atoms with E-state index in [1.807, 2.05) is 67.6 Å². The maximum absolute atomic E-state index is 12.9. The van der Waals surface area contributed by atoms with E-state index in [9.17, 15) is 14.4 Å². The normalized spacial score (nSPS) is 11.6. The Balaban J connectivity index is 1.88. The molecule has 0 spiro atoms. The summed E-state index contributed by atoms with van der Waals surface area (Å²) in [5.74, 6) is -2.44. The van der Waals surface area contributed by atoms with Gasteiger partial charge in [0.05, 0.1) is 9.88 Å². The molecule has 0 radical (unpaired) electrons. The first-order valence-corrected chi connectivity index (χ1v) is 9.48. The summed E-state index contributed by atoms with van der Waals surface area (Å²) in [5.41, 5.74) is 7.07. The number of thiazole rings is 1. The van der Waals surface area contributed by atoms with E-state index < -0.39 is 23.6 Å². The van der Waals surface area contributed by atoms with E-state index in [-0.39, 0.29) is 12.1 Å². The summed E-state index contributed by atoms with van der Waals surface area (Å²) in [6, 6.07) is 17.5. The molecule has 0 saturated carbocycles. The Hall–Kier alpha value is -3.32. The van der Waals surface area contributed by atoms with Gasteiger partial charge in [0.25, 0.3) is 11.8 Å². The highest BCUT2D eigenvalue weighted by molar-refractivity contribution is 7.15. The fraction of sp³-hybridized carbons (Fsp3) is 0.143. The van der Waals surface area contributed by atoms with E-state index in [1.165, 1.54) is 11.3 Å². The van der Waals surface area contributed by atoms with E-state index in [0.29, 0.717) is 4.88 Å². The van der Waals surface area contributed by atoms with Gasteiger partial charge in [0, 0.05) is 6.42 Å². The van der Waals surface area contributed by atoms with Crippen LogP contribution in [0, 0.1) is 6.92 Å². The second kappa shape index (κ2) is 8.58. The van der Waals surface area contributed by atoms with E-state index in [0.717, 1.165) is 16.1 Å². The molecule has 0 bridgehead atoms. The van der Waals surface area contributed by atoms with Crippen LogP contribution in [0.1, 0.15) is 21.1 Å². The highest BCUT2D eigenvalue weighted by atomic mass is 32.1. The molecular weight excluding hydrogens is 374 g/mol. The smallest absolute Gasteiger partial charge is 0.287 e. The second-order valence-corrected chi connectivity index (χ2v) is 7.42. The summed E-state index contributed by atoms with van der Waals surface area (Å²) in [6.45, 7) is 1.81. The van der Waals surface area contributed by atoms with Crippen LogP contribution in [0.3, 0.4) is 0 Å². The molecule has 0 fully saturated rings. The van der Waals surface area contributed by atoms with Crippen molar-refractivity contribution in [2.45, 2.75) is 19.4 Å². The lowest BCUT2D eigenvalue weighted by atomic mass is 10.0. The van der Waals surface area contributed by atoms with Crippen LogP contribution >= 0.6 is 11.3 Å². The summed E-state index contributed by atoms with van der Waals surface area (Å²) in [5, 5.41) is 3.37. The standard InChI is InChI=1S/C21H19N3O3S/c1-13-23-17(19(28-13)15-10-6-3-7-11-15)21(27)24-16(18(25)20(22)26)12-14-8-4-2-5-9-14/h2-11,16H,12H2,1H3,(H2,22,26)(H,24,27)/t16-/m0/s1. The molecule has 142 valence electrons. The van der Waals surface area contributed by atoms with Crippen molar-refractivity contribution in [1.82, 2.24) is 10.3 Å². The number of aromatic nitrogens is 1. The summed E-state index contributed by atoms with van der Waals surface area (Å²) < 4.78 is 0. The predicted molar refractivity (Wildman–Crippen MR) is 108 cm³/mol. The topological polar surface area (TPSA) is 102 Å². The van der Waals surface area contributed by atoms with Crippen molar-refractivity contribution in [3.63, 3.8) is 0 Å². The minimum atomic E-state index is -1.08. The van der Waals surface area contributed by atoms with Crippen LogP contribution in [0.2, 0.25) is 0 Å². The lowest BCUT2D eigenvalue weighted by Gasteiger charge is -2.16. The van der Waals surface area contributed by atoms with Crippen molar-refractivity contribution in [3.8, 4) is 10.4 Å². The van der Waals surface area contributed by atoms with Crippen LogP contribution in [-0.2, 0) is 16.0 Å². The molecule has 6 nitrogen and oxygen atoms in total. The van der Waals surface area contributed by atoms with E-state index in [2.05, 4.69) is 10.3 Å². The monoisotopic (exact) mass is 393 g/mol. The average Bonchev–Trinajstić information content (AvgIpc) is 3.10. The average molecular weight is 393 g/mol. The van der Waals surface area contributed by atoms with Crippen LogP contribution < -0.4 is 11.1 Å². The number of rotatable bonds is 7. The fourth-order valence-electron chi connectivity index (χ4n) is 2.82. The Labute approximate surface area is 166 Å². The van der Waals surface area contributed by atoms with Crippen LogP contribution in [0.4, 0.5) is 0 Å². The third-order valence-corrected chi connectivity index (χ3v) is 5.15. The van der Waals surface area contributed by atoms with Crippen molar-refractivity contribution in [3.05, 3.63) is 76.9 Å². The zero-order valence-corrected chi connectivity index (χ0v) is 16.0. The summed E-state index contributed by atoms with van der Waals surface area (Å²) in [6.07, 6.45) is 0.165. The van der Waals surface area contributed by atoms with Crippen LogP contribution in [0.5, 0.6) is 0 Å². The van der Waals surface area contributed by atoms with Gasteiger partial charge in [-0.3, -0.25) is 14.4 Å². The predicted octanol–water partition coefficient (Wildman–Crippen LogP) is 2.51. The maximum Gasteiger partial charge on any atom is 0.287 e. The number of carbonyl (C=O) groups excluding carboxylic acids is 3. The number of Topliss-reactive ketones (excluding diaryl/α,β-unsaturated/α-hetero) is 1. The first kappa shape index (κ1) is 19.4. The second-order valence-electron chi connectivity index (χ2n) is 6.22. The molecule has 28 heavy (non-hydrogen) atoms. The van der Waals surface area contributed by atoms with Crippen molar-refractivity contribution >= 4 is 28.9 Å². The van der Waals surface area contributed by atoms with E-state index in [4.69, 9.17) is 5.73 Å². The number of nitrogens with zero attached hydrogens (tertiary/aromatic N) is 1. The number of benzene rings is 2. The van der Waals surface area contributed by atoms with Crippen LogP contribution in [0.15, 0.2) is 60.7 Å². The Morgan fingerprint density at radius 1 is 1.04 bits per heavy atom. The third kappa shape index (κ3) is 4.50. The number of aryl methyl sites for hydroxylation is 1. The van der Waals surface area contributed by atoms with Gasteiger partial charge in [-0.15, -0.1) is 11.3 Å². The van der Waals surface area contributed by atoms with E-state index >= 15 is 0 Å². The van der Waals surface area contributed by atoms with Crippen LogP contribution in [-0.4, -0.2) is 28.6 Å². The number of ketones is 1. The number of amides is 2. The maximum atomic E-state index is 12.9. The molecule has 2 amide bonds. The molecular formula is C21H19N3O3S. The first-order valence-electron chi connectivity index (χ1n) is 8.67. The van der Waals surface area contributed by atoms with Crippen molar-refractivity contribution in [2.24, 2.45) is 5.73 Å². The molecule has 0 aliphatic heterocycles. The van der Waals surface area contributed by atoms with Crippen molar-refractivity contribution in [1.29, 1.82) is 0 Å². The summed E-state index contributed by atoms with van der Waals surface area (Å²) >= 11 is 1.39. The van der Waals surface area contributed by atoms with Crippen molar-refractivity contribution < 1.29 is 14.4 Å². The molecule has 1 aromatic heterocycles. The minimum Gasteiger partial charge on any atom is -0.363 e. The highest BCUT2D eigenvalue weighted by Crippen LogP contribution is 2.30. The Bertz CT molecular complexity index is 1000. The van der Waals surface area contributed by atoms with Crippen molar-refractivity contribution in [2.75, 3.05) is 0 Å². The molecule has 0 unspecified atom stereocenters. The molecule has 0 aliphatic carbocycles. The summed E-state index contributed by atoms with van der Waals surface area (Å²) in [4.78, 5) is 41.7. The molecule has 3 N–H and O–H groups in total. The first-order chi connectivity index (χ1) is 13.5. The zero-order chi connectivity index (χ0) is 20.1. The summed E-state index contributed by atoms with van der Waals surface area (Å²) in [7, 11) is 0. The van der Waals surface area contributed by atoms with Gasteiger partial charge < -0.3 is 11.1 Å². The molecule has 1 heterocycles. The molecule has 3 rings (SSSR count). The number of hydrogen-bond acceptors (Lipinski definition) is 5. The fourth-order valence-corrected chi connectivity index (χ4v) is 3.74. The Morgan fingerprint density at radius 3 is 2.25 bits per heavy atom. The third-order valence-electron chi connectivity index (χ3n) is 4.13. The number of nitrogens with two attached hydrogens (primary N) is 1. The van der Waals surface area contributed by atoms with Gasteiger partial charge in [-0.05, 0) is 18.1 Å². The Morgan fingerprint density at radius 2 is 1.64 bits per heavy atom. The minimum absolute atomic E-state index is 0.165. The molecule has 1 atom stereocenters. The van der Waals surface area contributed by atoms with Gasteiger partial charge in [0.1, 0.15) is 11.7 Å². The lowest BCUT2D eigenvalue weighted by molar-refractivity contribution is -0.137. The Kier molecular flexibility index (Phi) is 5.96. The SMILES string of the molecule is Cc1nc(C(=O)N[C@@H](Cc2ccccc2)C(=O)C(N)=O)c(-c2ccccc2)s1. The number of carbonyl (C=O) groups is 3. The quantitative estimate of drug-likeness (QED) is 0.602. The zero-order valence-electron chi connectivity index (χ0n) is 15.2. The number of hydrogen-bond donors (Lipinski definition) is 2. The molecule has 7 heteroatoms. The van der Waals surface area contributed by atoms with Crippen LogP contribution in [0.25, 0.3) is 10.4 Å². The van der Waals surface area contributed by atoms with Gasteiger partial charge in [-0.2, -0.15) is 0 Å². The molecule has 0 aliphatic rings.